The van der Waals surface area contributed by atoms with Gasteiger partial charge < -0.3 is 15.0 Å². The molecule has 6 heteroatoms. The number of ether oxygens (including phenoxy) is 1. The van der Waals surface area contributed by atoms with Crippen LogP contribution in [0.3, 0.4) is 0 Å². The van der Waals surface area contributed by atoms with Crippen LogP contribution in [0.2, 0.25) is 0 Å². The topological polar surface area (TPSA) is 67.3 Å². The van der Waals surface area contributed by atoms with E-state index in [9.17, 15) is 4.79 Å². The van der Waals surface area contributed by atoms with Gasteiger partial charge in [-0.3, -0.25) is 4.79 Å². The van der Waals surface area contributed by atoms with Crippen molar-refractivity contribution in [3.63, 3.8) is 0 Å². The number of hydrogen-bond donors (Lipinski definition) is 1. The molecular formula is C20H24N4O2. The lowest BCUT2D eigenvalue weighted by Crippen LogP contribution is -2.29. The van der Waals surface area contributed by atoms with E-state index < -0.39 is 0 Å². The van der Waals surface area contributed by atoms with Crippen molar-refractivity contribution in [1.29, 1.82) is 0 Å². The molecule has 1 aromatic carbocycles. The van der Waals surface area contributed by atoms with E-state index in [4.69, 9.17) is 9.72 Å². The molecule has 0 bridgehead atoms. The molecule has 0 unspecified atom stereocenters. The molecule has 0 aliphatic carbocycles. The van der Waals surface area contributed by atoms with Crippen molar-refractivity contribution < 1.29 is 9.53 Å². The SMILES string of the molecule is CCOc1ccccc1C(=O)N1CC[C@@H](c2ncc3c(n2)CCNC3)C1. The minimum absolute atomic E-state index is 0.0266. The Balaban J connectivity index is 1.49. The van der Waals surface area contributed by atoms with Crippen molar-refractivity contribution in [3.05, 3.63) is 53.1 Å². The second kappa shape index (κ2) is 7.41. The first-order valence-electron chi connectivity index (χ1n) is 9.32. The Kier molecular flexibility index (Phi) is 4.84. The first-order valence-corrected chi connectivity index (χ1v) is 9.32. The van der Waals surface area contributed by atoms with Gasteiger partial charge in [0, 0.05) is 56.0 Å². The summed E-state index contributed by atoms with van der Waals surface area (Å²) in [5.74, 6) is 1.76. The largest absolute Gasteiger partial charge is 0.493 e. The molecule has 2 aliphatic heterocycles. The predicted octanol–water partition coefficient (Wildman–Crippen LogP) is 2.15. The minimum Gasteiger partial charge on any atom is -0.493 e. The van der Waals surface area contributed by atoms with Crippen LogP contribution in [-0.4, -0.2) is 47.0 Å². The monoisotopic (exact) mass is 352 g/mol. The smallest absolute Gasteiger partial charge is 0.257 e. The Morgan fingerprint density at radius 2 is 2.27 bits per heavy atom. The molecule has 3 heterocycles. The van der Waals surface area contributed by atoms with Crippen LogP contribution in [0.1, 0.15) is 46.7 Å². The zero-order valence-corrected chi connectivity index (χ0v) is 15.1. The van der Waals surface area contributed by atoms with E-state index in [0.717, 1.165) is 44.0 Å². The van der Waals surface area contributed by atoms with Crippen molar-refractivity contribution in [2.75, 3.05) is 26.2 Å². The van der Waals surface area contributed by atoms with Gasteiger partial charge in [0.15, 0.2) is 0 Å². The number of amides is 1. The van der Waals surface area contributed by atoms with Crippen molar-refractivity contribution in [3.8, 4) is 5.75 Å². The van der Waals surface area contributed by atoms with E-state index in [0.29, 0.717) is 24.5 Å². The zero-order valence-electron chi connectivity index (χ0n) is 15.1. The molecule has 1 aromatic heterocycles. The molecule has 1 atom stereocenters. The van der Waals surface area contributed by atoms with E-state index in [-0.39, 0.29) is 11.8 Å². The Labute approximate surface area is 153 Å². The fourth-order valence-corrected chi connectivity index (χ4v) is 3.70. The summed E-state index contributed by atoms with van der Waals surface area (Å²) in [6.07, 6.45) is 3.79. The average Bonchev–Trinajstić information content (AvgIpc) is 3.18. The molecule has 136 valence electrons. The van der Waals surface area contributed by atoms with Gasteiger partial charge in [0.05, 0.1) is 12.2 Å². The van der Waals surface area contributed by atoms with Crippen LogP contribution < -0.4 is 10.1 Å². The number of aromatic nitrogens is 2. The number of benzene rings is 1. The van der Waals surface area contributed by atoms with Crippen molar-refractivity contribution >= 4 is 5.91 Å². The lowest BCUT2D eigenvalue weighted by molar-refractivity contribution is 0.0786. The fraction of sp³-hybridized carbons (Fsp3) is 0.450. The summed E-state index contributed by atoms with van der Waals surface area (Å²) in [6, 6.07) is 7.46. The third-order valence-corrected chi connectivity index (χ3v) is 5.08. The van der Waals surface area contributed by atoms with E-state index >= 15 is 0 Å². The quantitative estimate of drug-likeness (QED) is 0.913. The maximum Gasteiger partial charge on any atom is 0.257 e. The molecule has 0 radical (unpaired) electrons. The molecule has 2 aliphatic rings. The lowest BCUT2D eigenvalue weighted by atomic mass is 10.1. The van der Waals surface area contributed by atoms with Crippen molar-refractivity contribution in [2.45, 2.75) is 32.2 Å². The van der Waals surface area contributed by atoms with Crippen molar-refractivity contribution in [1.82, 2.24) is 20.2 Å². The molecule has 0 spiro atoms. The lowest BCUT2D eigenvalue weighted by Gasteiger charge is -2.19. The van der Waals surface area contributed by atoms with E-state index in [1.54, 1.807) is 0 Å². The number of para-hydroxylation sites is 1. The normalized spacial score (nSPS) is 19.3. The number of carbonyl (C=O) groups excluding carboxylic acids is 1. The second-order valence-corrected chi connectivity index (χ2v) is 6.79. The Morgan fingerprint density at radius 3 is 3.15 bits per heavy atom. The molecule has 26 heavy (non-hydrogen) atoms. The molecule has 4 rings (SSSR count). The first-order chi connectivity index (χ1) is 12.8. The van der Waals surface area contributed by atoms with Crippen LogP contribution in [0.5, 0.6) is 5.75 Å². The van der Waals surface area contributed by atoms with Crippen molar-refractivity contribution in [2.24, 2.45) is 0 Å². The third kappa shape index (κ3) is 3.29. The van der Waals surface area contributed by atoms with Crippen LogP contribution in [-0.2, 0) is 13.0 Å². The number of likely N-dealkylation sites (tertiary alicyclic amines) is 1. The minimum atomic E-state index is 0.0266. The van der Waals surface area contributed by atoms with Crippen LogP contribution in [0.25, 0.3) is 0 Å². The molecule has 0 saturated carbocycles. The third-order valence-electron chi connectivity index (χ3n) is 5.08. The zero-order chi connectivity index (χ0) is 17.9. The number of nitrogens with one attached hydrogen (secondary N) is 1. The highest BCUT2D eigenvalue weighted by Gasteiger charge is 2.31. The summed E-state index contributed by atoms with van der Waals surface area (Å²) < 4.78 is 5.61. The highest BCUT2D eigenvalue weighted by molar-refractivity contribution is 5.97. The molecule has 1 fully saturated rings. The maximum atomic E-state index is 12.9. The second-order valence-electron chi connectivity index (χ2n) is 6.79. The number of carbonyl (C=O) groups is 1. The van der Waals surface area contributed by atoms with E-state index in [1.165, 1.54) is 5.56 Å². The van der Waals surface area contributed by atoms with Gasteiger partial charge in [-0.15, -0.1) is 0 Å². The molecule has 1 amide bonds. The predicted molar refractivity (Wildman–Crippen MR) is 98.3 cm³/mol. The summed E-state index contributed by atoms with van der Waals surface area (Å²) in [6.45, 7) is 5.68. The number of rotatable bonds is 4. The van der Waals surface area contributed by atoms with Gasteiger partial charge >= 0.3 is 0 Å². The Morgan fingerprint density at radius 1 is 1.38 bits per heavy atom. The van der Waals surface area contributed by atoms with Gasteiger partial charge in [0.2, 0.25) is 0 Å². The van der Waals surface area contributed by atoms with E-state index in [2.05, 4.69) is 10.3 Å². The van der Waals surface area contributed by atoms with Crippen LogP contribution in [0.4, 0.5) is 0 Å². The average molecular weight is 352 g/mol. The molecule has 6 nitrogen and oxygen atoms in total. The summed E-state index contributed by atoms with van der Waals surface area (Å²) in [5.41, 5.74) is 2.98. The molecular weight excluding hydrogens is 328 g/mol. The molecule has 2 aromatic rings. The van der Waals surface area contributed by atoms with Crippen LogP contribution >= 0.6 is 0 Å². The number of fused-ring (bicyclic) bond motifs is 1. The molecule has 1 saturated heterocycles. The van der Waals surface area contributed by atoms with Crippen LogP contribution in [0, 0.1) is 0 Å². The molecule has 1 N–H and O–H groups in total. The highest BCUT2D eigenvalue weighted by atomic mass is 16.5. The highest BCUT2D eigenvalue weighted by Crippen LogP contribution is 2.29. The van der Waals surface area contributed by atoms with Crippen LogP contribution in [0.15, 0.2) is 30.5 Å². The first kappa shape index (κ1) is 17.0. The summed E-state index contributed by atoms with van der Waals surface area (Å²) in [5, 5.41) is 3.34. The summed E-state index contributed by atoms with van der Waals surface area (Å²) in [7, 11) is 0. The van der Waals surface area contributed by atoms with Gasteiger partial charge in [-0.1, -0.05) is 12.1 Å². The van der Waals surface area contributed by atoms with Gasteiger partial charge in [0.1, 0.15) is 11.6 Å². The number of nitrogens with zero attached hydrogens (tertiary/aromatic N) is 3. The van der Waals surface area contributed by atoms with Gasteiger partial charge in [-0.05, 0) is 25.5 Å². The summed E-state index contributed by atoms with van der Waals surface area (Å²) >= 11 is 0. The Hall–Kier alpha value is -2.47. The standard InChI is InChI=1S/C20H24N4O2/c1-2-26-18-6-4-3-5-16(18)20(25)24-10-8-14(13-24)19-22-12-15-11-21-9-7-17(15)23-19/h3-6,12,14,21H,2,7-11,13H2,1H3/t14-/m1/s1. The number of hydrogen-bond acceptors (Lipinski definition) is 5. The van der Waals surface area contributed by atoms with Gasteiger partial charge in [0.25, 0.3) is 5.91 Å². The maximum absolute atomic E-state index is 12.9. The van der Waals surface area contributed by atoms with Gasteiger partial charge in [-0.25, -0.2) is 9.97 Å². The van der Waals surface area contributed by atoms with E-state index in [1.807, 2.05) is 42.3 Å². The fourth-order valence-electron chi connectivity index (χ4n) is 3.70. The Bertz CT molecular complexity index is 808. The summed E-state index contributed by atoms with van der Waals surface area (Å²) in [4.78, 5) is 24.2. The van der Waals surface area contributed by atoms with Gasteiger partial charge in [-0.2, -0.15) is 0 Å².